The lowest BCUT2D eigenvalue weighted by molar-refractivity contribution is -0.207. The minimum absolute atomic E-state index is 0.0226. The molecule has 0 saturated heterocycles. The summed E-state index contributed by atoms with van der Waals surface area (Å²) in [5, 5.41) is 22.5. The van der Waals surface area contributed by atoms with Crippen LogP contribution in [-0.2, 0) is 0 Å². The number of rotatable bonds is 4. The van der Waals surface area contributed by atoms with Gasteiger partial charge in [-0.1, -0.05) is 26.0 Å². The number of aliphatic hydroxyl groups is 2. The van der Waals surface area contributed by atoms with E-state index in [-0.39, 0.29) is 11.5 Å². The normalized spacial score (nSPS) is 48.3. The molecule has 0 amide bonds. The van der Waals surface area contributed by atoms with E-state index in [9.17, 15) is 10.2 Å². The van der Waals surface area contributed by atoms with Gasteiger partial charge in [0.15, 0.2) is 0 Å². The van der Waals surface area contributed by atoms with Crippen molar-refractivity contribution in [2.45, 2.75) is 83.3 Å². The lowest BCUT2D eigenvalue weighted by Gasteiger charge is -2.63. The molecule has 0 radical (unpaired) electrons. The Kier molecular flexibility index (Phi) is 5.87. The molecular weight excluding hydrogens is 400 g/mol. The zero-order valence-corrected chi connectivity index (χ0v) is 20.3. The summed E-state index contributed by atoms with van der Waals surface area (Å²) in [7, 11) is 2.05. The van der Waals surface area contributed by atoms with Gasteiger partial charge in [0.05, 0.1) is 18.2 Å². The zero-order chi connectivity index (χ0) is 22.6. The number of fused-ring (bicyclic) bond motifs is 5. The third-order valence-electron chi connectivity index (χ3n) is 10.7. The van der Waals surface area contributed by atoms with Crippen molar-refractivity contribution >= 4 is 5.96 Å². The predicted octanol–water partition coefficient (Wildman–Crippen LogP) is 3.07. The molecule has 5 aliphatic rings. The van der Waals surface area contributed by atoms with Crippen molar-refractivity contribution in [2.24, 2.45) is 39.5 Å². The molecule has 4 fully saturated rings. The van der Waals surface area contributed by atoms with Crippen LogP contribution in [0.5, 0.6) is 0 Å². The van der Waals surface area contributed by atoms with Gasteiger partial charge in [-0.2, -0.15) is 0 Å². The minimum atomic E-state index is -0.540. The quantitative estimate of drug-likeness (QED) is 0.304. The highest BCUT2D eigenvalue weighted by Crippen LogP contribution is 2.69. The Balaban J connectivity index is 1.24. The van der Waals surface area contributed by atoms with Gasteiger partial charge >= 0.3 is 0 Å². The summed E-state index contributed by atoms with van der Waals surface area (Å²) in [6, 6.07) is 0. The maximum Gasteiger partial charge on any atom is 0.208 e. The molecule has 5 rings (SSSR count). The van der Waals surface area contributed by atoms with E-state index in [2.05, 4.69) is 53.8 Å². The van der Waals surface area contributed by atoms with Gasteiger partial charge in [-0.05, 0) is 86.9 Å². The number of hydrogen-bond donors (Lipinski definition) is 4. The molecule has 0 aromatic carbocycles. The van der Waals surface area contributed by atoms with Crippen molar-refractivity contribution in [3.8, 4) is 0 Å². The van der Waals surface area contributed by atoms with Crippen LogP contribution in [0.3, 0.4) is 0 Å². The van der Waals surface area contributed by atoms with Crippen LogP contribution in [0.4, 0.5) is 0 Å². The number of hydrazine groups is 1. The Morgan fingerprint density at radius 3 is 2.72 bits per heavy atom. The van der Waals surface area contributed by atoms with E-state index in [0.717, 1.165) is 70.5 Å². The first-order valence-electron chi connectivity index (χ1n) is 13.1. The number of allylic oxidation sites excluding steroid dienone is 1. The van der Waals surface area contributed by atoms with Gasteiger partial charge in [-0.15, -0.1) is 0 Å². The van der Waals surface area contributed by atoms with Crippen molar-refractivity contribution in [1.82, 2.24) is 15.8 Å². The third kappa shape index (κ3) is 3.43. The van der Waals surface area contributed by atoms with E-state index in [1.54, 1.807) is 0 Å². The van der Waals surface area contributed by atoms with Crippen LogP contribution >= 0.6 is 0 Å². The predicted molar refractivity (Wildman–Crippen MR) is 128 cm³/mol. The second kappa shape index (κ2) is 8.28. The van der Waals surface area contributed by atoms with Crippen molar-refractivity contribution in [2.75, 3.05) is 26.7 Å². The fourth-order valence-corrected chi connectivity index (χ4v) is 8.64. The van der Waals surface area contributed by atoms with Gasteiger partial charge < -0.3 is 15.1 Å². The average molecular weight is 445 g/mol. The number of aliphatic hydroxyl groups excluding tert-OH is 1. The van der Waals surface area contributed by atoms with Crippen LogP contribution in [0.1, 0.15) is 71.6 Å². The van der Waals surface area contributed by atoms with E-state index in [4.69, 9.17) is 0 Å². The number of nitrogens with one attached hydrogen (secondary N) is 2. The molecule has 32 heavy (non-hydrogen) atoms. The molecule has 4 saturated carbocycles. The van der Waals surface area contributed by atoms with Crippen LogP contribution in [0.15, 0.2) is 17.1 Å². The van der Waals surface area contributed by atoms with Crippen molar-refractivity contribution in [3.63, 3.8) is 0 Å². The molecule has 4 N–H and O–H groups in total. The van der Waals surface area contributed by atoms with Gasteiger partial charge in [0.25, 0.3) is 0 Å². The molecule has 4 aliphatic carbocycles. The number of aliphatic imine (C=N–C) groups is 1. The van der Waals surface area contributed by atoms with Crippen LogP contribution in [-0.4, -0.2) is 59.5 Å². The Labute approximate surface area is 193 Å². The number of guanidine groups is 1. The Bertz CT molecular complexity index is 771. The smallest absolute Gasteiger partial charge is 0.208 e. The summed E-state index contributed by atoms with van der Waals surface area (Å²) >= 11 is 0. The largest absolute Gasteiger partial charge is 0.393 e. The van der Waals surface area contributed by atoms with E-state index in [0.29, 0.717) is 29.1 Å². The fourth-order valence-electron chi connectivity index (χ4n) is 8.64. The molecule has 6 heteroatoms. The van der Waals surface area contributed by atoms with Crippen molar-refractivity contribution in [3.05, 3.63) is 12.2 Å². The van der Waals surface area contributed by atoms with Gasteiger partial charge in [0.1, 0.15) is 0 Å². The number of hydrogen-bond acceptors (Lipinski definition) is 6. The number of likely N-dealkylation sites (N-methyl/N-ethyl adjacent to an activating group) is 1. The first-order valence-corrected chi connectivity index (χ1v) is 13.1. The molecule has 180 valence electrons. The maximum atomic E-state index is 12.2. The van der Waals surface area contributed by atoms with E-state index in [1.165, 1.54) is 12.8 Å². The third-order valence-corrected chi connectivity index (χ3v) is 10.7. The van der Waals surface area contributed by atoms with Crippen LogP contribution < -0.4 is 10.9 Å². The molecule has 8 atom stereocenters. The van der Waals surface area contributed by atoms with Gasteiger partial charge in [0.2, 0.25) is 5.96 Å². The van der Waals surface area contributed by atoms with Crippen molar-refractivity contribution < 1.29 is 10.2 Å². The minimum Gasteiger partial charge on any atom is -0.393 e. The second-order valence-corrected chi connectivity index (χ2v) is 12.0. The highest BCUT2D eigenvalue weighted by Gasteiger charge is 2.66. The molecule has 0 unspecified atom stereocenters. The molecule has 1 heterocycles. The summed E-state index contributed by atoms with van der Waals surface area (Å²) in [5.41, 5.74) is 6.22. The van der Waals surface area contributed by atoms with Crippen molar-refractivity contribution in [1.29, 1.82) is 0 Å². The van der Waals surface area contributed by atoms with E-state index in [1.807, 2.05) is 0 Å². The first-order chi connectivity index (χ1) is 15.3. The second-order valence-electron chi connectivity index (χ2n) is 12.0. The molecule has 0 spiro atoms. The molecule has 6 nitrogen and oxygen atoms in total. The molecule has 0 aromatic heterocycles. The fraction of sp³-hybridized carbons (Fsp3) is 0.885. The van der Waals surface area contributed by atoms with Gasteiger partial charge in [0, 0.05) is 25.6 Å². The van der Waals surface area contributed by atoms with E-state index < -0.39 is 5.60 Å². The molecule has 1 aliphatic heterocycles. The highest BCUT2D eigenvalue weighted by atomic mass is 16.3. The standard InChI is InChI=1S/C26H44N4O2/c1-24-11-9-20(31)17-19(24)6-7-22-21(24)10-12-25(2)18(8-13-26(22,25)32)5-4-14-28-29-23-27-15-16-30(23)3/h4-5,18-22,28,31-32H,6-17H2,1-3H3,(H,27,29)/b5-4+/t18-,19+,20-,21-,22+,24-,25+,26-/m0/s1. The number of nitrogens with zero attached hydrogens (tertiary/aromatic N) is 2. The summed E-state index contributed by atoms with van der Waals surface area (Å²) in [4.78, 5) is 6.56. The van der Waals surface area contributed by atoms with Crippen LogP contribution in [0.2, 0.25) is 0 Å². The molecule has 0 bridgehead atoms. The van der Waals surface area contributed by atoms with Gasteiger partial charge in [-0.25, -0.2) is 5.43 Å². The SMILES string of the molecule is CN1CCN=C1NNC/C=C/[C@H]1CC[C@]2(O)[C@@H]3CC[C@@H]4C[C@@H](O)CC[C@]4(C)[C@H]3CC[C@]12C. The van der Waals surface area contributed by atoms with Crippen LogP contribution in [0, 0.1) is 34.5 Å². The Morgan fingerprint density at radius 1 is 1.09 bits per heavy atom. The van der Waals surface area contributed by atoms with Crippen LogP contribution in [0.25, 0.3) is 0 Å². The topological polar surface area (TPSA) is 80.1 Å². The lowest BCUT2D eigenvalue weighted by Crippen LogP contribution is -2.62. The van der Waals surface area contributed by atoms with Gasteiger partial charge in [-0.3, -0.25) is 10.4 Å². The molecule has 0 aromatic rings. The summed E-state index contributed by atoms with van der Waals surface area (Å²) in [6.07, 6.45) is 14.3. The van der Waals surface area contributed by atoms with E-state index >= 15 is 0 Å². The summed E-state index contributed by atoms with van der Waals surface area (Å²) < 4.78 is 0. The zero-order valence-electron chi connectivity index (χ0n) is 20.3. The highest BCUT2D eigenvalue weighted by molar-refractivity contribution is 5.80. The maximum absolute atomic E-state index is 12.2. The Morgan fingerprint density at radius 2 is 1.94 bits per heavy atom. The molecular formula is C26H44N4O2. The first kappa shape index (κ1) is 22.7. The summed E-state index contributed by atoms with van der Waals surface area (Å²) in [6.45, 7) is 7.45. The summed E-state index contributed by atoms with van der Waals surface area (Å²) in [5.74, 6) is 3.04. The lowest BCUT2D eigenvalue weighted by atomic mass is 9.43. The average Bonchev–Trinajstić information content (AvgIpc) is 3.29. The Hall–Kier alpha value is -1.11. The monoisotopic (exact) mass is 444 g/mol.